The molecule has 0 radical (unpaired) electrons. The number of nitrogens with one attached hydrogen (secondary N) is 2. The predicted molar refractivity (Wildman–Crippen MR) is 152 cm³/mol. The molecule has 0 saturated heterocycles. The summed E-state index contributed by atoms with van der Waals surface area (Å²) >= 11 is 0. The van der Waals surface area contributed by atoms with Crippen LogP contribution in [0, 0.1) is 19.8 Å². The molecule has 3 amide bonds. The first kappa shape index (κ1) is 30.9. The second-order valence-electron chi connectivity index (χ2n) is 11.4. The van der Waals surface area contributed by atoms with E-state index in [1.54, 1.807) is 25.7 Å². The zero-order valence-electron chi connectivity index (χ0n) is 24.3. The molecule has 2 rings (SSSR count). The molecule has 2 aromatic carbocycles. The van der Waals surface area contributed by atoms with E-state index in [2.05, 4.69) is 10.6 Å². The second kappa shape index (κ2) is 14.0. The van der Waals surface area contributed by atoms with Crippen molar-refractivity contribution in [1.82, 2.24) is 15.5 Å². The third-order valence-electron chi connectivity index (χ3n) is 5.87. The summed E-state index contributed by atoms with van der Waals surface area (Å²) in [6.07, 6.45) is 0.424. The number of alkyl carbamates (subject to hydrolysis) is 1. The van der Waals surface area contributed by atoms with Crippen molar-refractivity contribution in [2.24, 2.45) is 5.92 Å². The van der Waals surface area contributed by atoms with Crippen molar-refractivity contribution in [3.63, 3.8) is 0 Å². The molecule has 0 fully saturated rings. The van der Waals surface area contributed by atoms with Gasteiger partial charge in [0.05, 0.1) is 0 Å². The number of nitrogens with zero attached hydrogens (tertiary/aromatic N) is 1. The summed E-state index contributed by atoms with van der Waals surface area (Å²) in [7, 11) is 0. The standard InChI is InChI=1S/C31H45N3O4/c1-9-15-34(29(36)26(16-21(2)3)33-30(37)38-31(6,7)8)27(25-18-22(4)17-23(5)19-25)28(35)32-20-24-13-11-10-12-14-24/h10-14,17-19,21,26-27H,9,15-16,20H2,1-8H3,(H,32,35)(H,33,37). The van der Waals surface area contributed by atoms with Gasteiger partial charge < -0.3 is 20.3 Å². The zero-order valence-corrected chi connectivity index (χ0v) is 24.3. The van der Waals surface area contributed by atoms with Crippen LogP contribution in [0.4, 0.5) is 4.79 Å². The second-order valence-corrected chi connectivity index (χ2v) is 11.4. The maximum Gasteiger partial charge on any atom is 0.408 e. The van der Waals surface area contributed by atoms with Gasteiger partial charge in [-0.25, -0.2) is 4.79 Å². The van der Waals surface area contributed by atoms with E-state index in [4.69, 9.17) is 4.74 Å². The molecule has 0 aliphatic carbocycles. The van der Waals surface area contributed by atoms with E-state index < -0.39 is 23.8 Å². The normalized spacial score (nSPS) is 13.0. The first-order chi connectivity index (χ1) is 17.8. The lowest BCUT2D eigenvalue weighted by molar-refractivity contribution is -0.143. The summed E-state index contributed by atoms with van der Waals surface area (Å²) in [5.41, 5.74) is 3.04. The Morgan fingerprint density at radius 2 is 1.58 bits per heavy atom. The molecule has 208 valence electrons. The zero-order chi connectivity index (χ0) is 28.5. The van der Waals surface area contributed by atoms with Crippen LogP contribution in [0.5, 0.6) is 0 Å². The van der Waals surface area contributed by atoms with E-state index in [0.29, 0.717) is 25.9 Å². The molecule has 2 N–H and O–H groups in total. The minimum Gasteiger partial charge on any atom is -0.444 e. The number of carbonyl (C=O) groups excluding carboxylic acids is 3. The number of hydrogen-bond donors (Lipinski definition) is 2. The van der Waals surface area contributed by atoms with Crippen LogP contribution in [0.2, 0.25) is 0 Å². The Bertz CT molecular complexity index is 1060. The molecule has 2 aromatic rings. The molecule has 2 unspecified atom stereocenters. The van der Waals surface area contributed by atoms with Gasteiger partial charge in [-0.1, -0.05) is 80.4 Å². The van der Waals surface area contributed by atoms with Crippen LogP contribution in [0.1, 0.15) is 82.7 Å². The molecule has 0 spiro atoms. The van der Waals surface area contributed by atoms with Crippen LogP contribution in [0.25, 0.3) is 0 Å². The van der Waals surface area contributed by atoms with Gasteiger partial charge in [-0.05, 0) is 64.5 Å². The third kappa shape index (κ3) is 9.84. The predicted octanol–water partition coefficient (Wildman–Crippen LogP) is 5.84. The average molecular weight is 524 g/mol. The molecule has 7 heteroatoms. The molecule has 0 aromatic heterocycles. The fraction of sp³-hybridized carbons (Fsp3) is 0.516. The van der Waals surface area contributed by atoms with Gasteiger partial charge in [-0.2, -0.15) is 0 Å². The lowest BCUT2D eigenvalue weighted by atomic mass is 9.96. The van der Waals surface area contributed by atoms with E-state index in [-0.39, 0.29) is 17.7 Å². The Morgan fingerprint density at radius 3 is 2.11 bits per heavy atom. The van der Waals surface area contributed by atoms with Gasteiger partial charge in [0.1, 0.15) is 17.7 Å². The van der Waals surface area contributed by atoms with Crippen molar-refractivity contribution in [3.05, 3.63) is 70.8 Å². The molecule has 7 nitrogen and oxygen atoms in total. The quantitative estimate of drug-likeness (QED) is 0.387. The highest BCUT2D eigenvalue weighted by atomic mass is 16.6. The summed E-state index contributed by atoms with van der Waals surface area (Å²) in [6, 6.07) is 13.9. The summed E-state index contributed by atoms with van der Waals surface area (Å²) < 4.78 is 5.45. The molecule has 0 aliphatic rings. The van der Waals surface area contributed by atoms with Crippen LogP contribution in [-0.2, 0) is 20.9 Å². The molecule has 2 atom stereocenters. The summed E-state index contributed by atoms with van der Waals surface area (Å²) in [5, 5.41) is 5.82. The Kier molecular flexibility index (Phi) is 11.4. The van der Waals surface area contributed by atoms with Crippen LogP contribution in [0.15, 0.2) is 48.5 Å². The van der Waals surface area contributed by atoms with E-state index in [9.17, 15) is 14.4 Å². The Morgan fingerprint density at radius 1 is 0.974 bits per heavy atom. The number of ether oxygens (including phenoxy) is 1. The van der Waals surface area contributed by atoms with Crippen molar-refractivity contribution < 1.29 is 19.1 Å². The Balaban J connectivity index is 2.47. The minimum atomic E-state index is -0.847. The van der Waals surface area contributed by atoms with Crippen molar-refractivity contribution in [2.45, 2.75) is 92.5 Å². The third-order valence-corrected chi connectivity index (χ3v) is 5.87. The maximum absolute atomic E-state index is 14.1. The van der Waals surface area contributed by atoms with Crippen molar-refractivity contribution >= 4 is 17.9 Å². The van der Waals surface area contributed by atoms with E-state index >= 15 is 0 Å². The maximum atomic E-state index is 14.1. The number of amides is 3. The van der Waals surface area contributed by atoms with Crippen LogP contribution >= 0.6 is 0 Å². The fourth-order valence-electron chi connectivity index (χ4n) is 4.47. The molecular weight excluding hydrogens is 478 g/mol. The summed E-state index contributed by atoms with van der Waals surface area (Å²) in [5.74, 6) is -0.430. The van der Waals surface area contributed by atoms with E-state index in [1.165, 1.54) is 0 Å². The summed E-state index contributed by atoms with van der Waals surface area (Å²) in [4.78, 5) is 42.2. The number of aryl methyl sites for hydroxylation is 2. The monoisotopic (exact) mass is 523 g/mol. The van der Waals surface area contributed by atoms with E-state index in [1.807, 2.05) is 83.1 Å². The highest BCUT2D eigenvalue weighted by Crippen LogP contribution is 2.26. The first-order valence-corrected chi connectivity index (χ1v) is 13.5. The lowest BCUT2D eigenvalue weighted by Gasteiger charge is -2.35. The van der Waals surface area contributed by atoms with Crippen LogP contribution in [-0.4, -0.2) is 41.0 Å². The molecule has 38 heavy (non-hydrogen) atoms. The highest BCUT2D eigenvalue weighted by molar-refractivity contribution is 5.92. The van der Waals surface area contributed by atoms with Gasteiger partial charge in [-0.3, -0.25) is 9.59 Å². The van der Waals surface area contributed by atoms with Gasteiger partial charge in [-0.15, -0.1) is 0 Å². The molecule has 0 saturated carbocycles. The van der Waals surface area contributed by atoms with Gasteiger partial charge >= 0.3 is 6.09 Å². The van der Waals surface area contributed by atoms with Crippen molar-refractivity contribution in [3.8, 4) is 0 Å². The average Bonchev–Trinajstić information content (AvgIpc) is 2.80. The fourth-order valence-corrected chi connectivity index (χ4v) is 4.47. The first-order valence-electron chi connectivity index (χ1n) is 13.5. The van der Waals surface area contributed by atoms with Crippen LogP contribution < -0.4 is 10.6 Å². The van der Waals surface area contributed by atoms with E-state index in [0.717, 1.165) is 22.3 Å². The van der Waals surface area contributed by atoms with Crippen molar-refractivity contribution in [2.75, 3.05) is 6.54 Å². The molecule has 0 heterocycles. The molecule has 0 bridgehead atoms. The number of carbonyl (C=O) groups is 3. The highest BCUT2D eigenvalue weighted by Gasteiger charge is 2.36. The largest absolute Gasteiger partial charge is 0.444 e. The number of benzene rings is 2. The Labute approximate surface area is 228 Å². The van der Waals surface area contributed by atoms with Crippen molar-refractivity contribution in [1.29, 1.82) is 0 Å². The van der Waals surface area contributed by atoms with Gasteiger partial charge in [0.2, 0.25) is 11.8 Å². The lowest BCUT2D eigenvalue weighted by Crippen LogP contribution is -2.53. The topological polar surface area (TPSA) is 87.7 Å². The molecule has 0 aliphatic heterocycles. The summed E-state index contributed by atoms with van der Waals surface area (Å²) in [6.45, 7) is 16.0. The van der Waals surface area contributed by atoms with Crippen LogP contribution in [0.3, 0.4) is 0 Å². The van der Waals surface area contributed by atoms with Gasteiger partial charge in [0, 0.05) is 13.1 Å². The molecular formula is C31H45N3O4. The SMILES string of the molecule is CCCN(C(=O)C(CC(C)C)NC(=O)OC(C)(C)C)C(C(=O)NCc1ccccc1)c1cc(C)cc(C)c1. The smallest absolute Gasteiger partial charge is 0.408 e. The Hall–Kier alpha value is -3.35. The number of rotatable bonds is 11. The minimum absolute atomic E-state index is 0.133. The number of hydrogen-bond acceptors (Lipinski definition) is 4. The van der Waals surface area contributed by atoms with Gasteiger partial charge in [0.15, 0.2) is 0 Å². The van der Waals surface area contributed by atoms with Gasteiger partial charge in [0.25, 0.3) is 0 Å².